The van der Waals surface area contributed by atoms with Crippen molar-refractivity contribution in [2.24, 2.45) is 0 Å². The number of nitrogens with two attached hydrogens (primary N) is 1. The molecule has 0 aliphatic carbocycles. The van der Waals surface area contributed by atoms with Gasteiger partial charge in [-0.05, 0) is 12.1 Å². The molecule has 0 bridgehead atoms. The molecule has 0 aliphatic rings. The van der Waals surface area contributed by atoms with Gasteiger partial charge in [-0.1, -0.05) is 22.0 Å². The summed E-state index contributed by atoms with van der Waals surface area (Å²) in [6, 6.07) is 3.97. The van der Waals surface area contributed by atoms with Crippen LogP contribution in [0.1, 0.15) is 5.56 Å². The predicted molar refractivity (Wildman–Crippen MR) is 43.6 cm³/mol. The smallest absolute Gasteiger partial charge is 0.398 e. The van der Waals surface area contributed by atoms with E-state index in [9.17, 15) is 13.2 Å². The summed E-state index contributed by atoms with van der Waals surface area (Å²) in [5, 5.41) is 0. The van der Waals surface area contributed by atoms with Crippen molar-refractivity contribution in [2.75, 3.05) is 5.73 Å². The highest BCUT2D eigenvalue weighted by atomic mass is 79.9. The lowest BCUT2D eigenvalue weighted by atomic mass is 10.2. The zero-order valence-corrected chi connectivity index (χ0v) is 7.41. The molecule has 5 heteroatoms. The number of nitrogen functional groups attached to an aromatic ring is 1. The number of hydrogen-bond acceptors (Lipinski definition) is 1. The van der Waals surface area contributed by atoms with Crippen molar-refractivity contribution in [3.05, 3.63) is 28.2 Å². The minimum atomic E-state index is -4.40. The van der Waals surface area contributed by atoms with Crippen molar-refractivity contribution in [1.82, 2.24) is 0 Å². The third kappa shape index (κ3) is 1.72. The number of benzene rings is 1. The maximum atomic E-state index is 12.2. The first-order valence-electron chi connectivity index (χ1n) is 3.04. The van der Waals surface area contributed by atoms with E-state index in [0.29, 0.717) is 0 Å². The molecule has 0 radical (unpaired) electrons. The first kappa shape index (κ1) is 9.38. The molecule has 0 fully saturated rings. The summed E-state index contributed by atoms with van der Waals surface area (Å²) in [5.41, 5.74) is 4.08. The van der Waals surface area contributed by atoms with Gasteiger partial charge in [-0.3, -0.25) is 0 Å². The fraction of sp³-hybridized carbons (Fsp3) is 0.143. The summed E-state index contributed by atoms with van der Waals surface area (Å²) in [6.45, 7) is 0. The van der Waals surface area contributed by atoms with E-state index < -0.39 is 11.7 Å². The lowest BCUT2D eigenvalue weighted by Crippen LogP contribution is -2.09. The van der Waals surface area contributed by atoms with Crippen molar-refractivity contribution in [3.8, 4) is 0 Å². The molecule has 0 atom stereocenters. The fourth-order valence-electron chi connectivity index (χ4n) is 0.840. The van der Waals surface area contributed by atoms with Gasteiger partial charge in [0.05, 0.1) is 5.56 Å². The Morgan fingerprint density at radius 1 is 1.25 bits per heavy atom. The number of rotatable bonds is 0. The Morgan fingerprint density at radius 3 is 2.17 bits per heavy atom. The summed E-state index contributed by atoms with van der Waals surface area (Å²) in [7, 11) is 0. The molecule has 12 heavy (non-hydrogen) atoms. The molecule has 1 nitrogen and oxygen atoms in total. The number of anilines is 1. The largest absolute Gasteiger partial charge is 0.419 e. The highest BCUT2D eigenvalue weighted by Crippen LogP contribution is 2.38. The van der Waals surface area contributed by atoms with Crippen LogP contribution in [0.3, 0.4) is 0 Å². The van der Waals surface area contributed by atoms with E-state index in [1.54, 1.807) is 0 Å². The topological polar surface area (TPSA) is 26.0 Å². The van der Waals surface area contributed by atoms with Crippen LogP contribution in [0.2, 0.25) is 0 Å². The molecule has 0 saturated heterocycles. The van der Waals surface area contributed by atoms with Crippen LogP contribution < -0.4 is 5.73 Å². The normalized spacial score (nSPS) is 11.7. The number of alkyl halides is 3. The van der Waals surface area contributed by atoms with Crippen LogP contribution in [-0.4, -0.2) is 0 Å². The molecular formula is C7H5BrF3N. The summed E-state index contributed by atoms with van der Waals surface area (Å²) in [6.07, 6.45) is -4.40. The first-order valence-corrected chi connectivity index (χ1v) is 3.83. The van der Waals surface area contributed by atoms with E-state index in [1.807, 2.05) is 0 Å². The predicted octanol–water partition coefficient (Wildman–Crippen LogP) is 3.05. The van der Waals surface area contributed by atoms with Crippen LogP contribution in [0.5, 0.6) is 0 Å². The molecule has 0 unspecified atom stereocenters. The van der Waals surface area contributed by atoms with Crippen LogP contribution in [-0.2, 0) is 6.18 Å². The molecule has 0 aliphatic heterocycles. The lowest BCUT2D eigenvalue weighted by molar-refractivity contribution is -0.137. The Hall–Kier alpha value is -0.710. The SMILES string of the molecule is Nc1cccc(Br)c1C(F)(F)F. The third-order valence-electron chi connectivity index (χ3n) is 1.33. The average molecular weight is 240 g/mol. The fourth-order valence-corrected chi connectivity index (χ4v) is 1.45. The summed E-state index contributed by atoms with van der Waals surface area (Å²) >= 11 is 2.78. The Bertz CT molecular complexity index is 275. The van der Waals surface area contributed by atoms with Crippen molar-refractivity contribution in [1.29, 1.82) is 0 Å². The second-order valence-corrected chi connectivity index (χ2v) is 3.06. The van der Waals surface area contributed by atoms with Gasteiger partial charge in [-0.2, -0.15) is 13.2 Å². The molecule has 0 saturated carbocycles. The summed E-state index contributed by atoms with van der Waals surface area (Å²) < 4.78 is 36.6. The van der Waals surface area contributed by atoms with E-state index in [1.165, 1.54) is 18.2 Å². The lowest BCUT2D eigenvalue weighted by Gasteiger charge is -2.10. The van der Waals surface area contributed by atoms with Gasteiger partial charge in [0.1, 0.15) is 0 Å². The zero-order chi connectivity index (χ0) is 9.35. The van der Waals surface area contributed by atoms with Gasteiger partial charge in [-0.15, -0.1) is 0 Å². The minimum absolute atomic E-state index is 0.0324. The highest BCUT2D eigenvalue weighted by Gasteiger charge is 2.34. The van der Waals surface area contributed by atoms with Gasteiger partial charge in [0, 0.05) is 10.2 Å². The van der Waals surface area contributed by atoms with Crippen LogP contribution in [0, 0.1) is 0 Å². The van der Waals surface area contributed by atoms with Crippen molar-refractivity contribution < 1.29 is 13.2 Å². The molecule has 0 heterocycles. The second-order valence-electron chi connectivity index (χ2n) is 2.20. The van der Waals surface area contributed by atoms with Gasteiger partial charge in [0.15, 0.2) is 0 Å². The summed E-state index contributed by atoms with van der Waals surface area (Å²) in [5.74, 6) is 0. The average Bonchev–Trinajstić information content (AvgIpc) is 1.82. The van der Waals surface area contributed by atoms with Gasteiger partial charge < -0.3 is 5.73 Å². The van der Waals surface area contributed by atoms with Crippen LogP contribution in [0.4, 0.5) is 18.9 Å². The summed E-state index contributed by atoms with van der Waals surface area (Å²) in [4.78, 5) is 0. The van der Waals surface area contributed by atoms with Crippen LogP contribution in [0.15, 0.2) is 22.7 Å². The van der Waals surface area contributed by atoms with Gasteiger partial charge in [-0.25, -0.2) is 0 Å². The second kappa shape index (κ2) is 2.97. The monoisotopic (exact) mass is 239 g/mol. The number of hydrogen-bond donors (Lipinski definition) is 1. The van der Waals surface area contributed by atoms with E-state index in [4.69, 9.17) is 5.73 Å². The van der Waals surface area contributed by atoms with E-state index in [2.05, 4.69) is 15.9 Å². The highest BCUT2D eigenvalue weighted by molar-refractivity contribution is 9.10. The van der Waals surface area contributed by atoms with E-state index in [0.717, 1.165) is 0 Å². The Balaban J connectivity index is 3.31. The number of halogens is 4. The molecule has 2 N–H and O–H groups in total. The van der Waals surface area contributed by atoms with Crippen molar-refractivity contribution in [2.45, 2.75) is 6.18 Å². The molecule has 1 rings (SSSR count). The quantitative estimate of drug-likeness (QED) is 0.693. The van der Waals surface area contributed by atoms with Gasteiger partial charge in [0.2, 0.25) is 0 Å². The Kier molecular flexibility index (Phi) is 2.32. The van der Waals surface area contributed by atoms with E-state index >= 15 is 0 Å². The van der Waals surface area contributed by atoms with Crippen molar-refractivity contribution >= 4 is 21.6 Å². The molecule has 1 aromatic carbocycles. The standard InChI is InChI=1S/C7H5BrF3N/c8-4-2-1-3-5(12)6(4)7(9,10)11/h1-3H,12H2. The van der Waals surface area contributed by atoms with Crippen LogP contribution in [0.25, 0.3) is 0 Å². The van der Waals surface area contributed by atoms with Gasteiger partial charge in [0.25, 0.3) is 0 Å². The zero-order valence-electron chi connectivity index (χ0n) is 5.82. The Labute approximate surface area is 75.5 Å². The minimum Gasteiger partial charge on any atom is -0.398 e. The first-order chi connectivity index (χ1) is 5.43. The van der Waals surface area contributed by atoms with E-state index in [-0.39, 0.29) is 10.2 Å². The molecule has 0 aromatic heterocycles. The molecule has 1 aromatic rings. The maximum absolute atomic E-state index is 12.2. The van der Waals surface area contributed by atoms with Crippen molar-refractivity contribution in [3.63, 3.8) is 0 Å². The molecule has 0 amide bonds. The van der Waals surface area contributed by atoms with Crippen LogP contribution >= 0.6 is 15.9 Å². The maximum Gasteiger partial charge on any atom is 0.419 e. The third-order valence-corrected chi connectivity index (χ3v) is 1.99. The Morgan fingerprint density at radius 2 is 1.83 bits per heavy atom. The molecule has 0 spiro atoms. The molecular weight excluding hydrogens is 235 g/mol. The molecule has 66 valence electrons. The van der Waals surface area contributed by atoms with Gasteiger partial charge >= 0.3 is 6.18 Å².